The molecule has 0 aliphatic carbocycles. The molecule has 2 aliphatic heterocycles. The first-order valence-corrected chi connectivity index (χ1v) is 25.9. The summed E-state index contributed by atoms with van der Waals surface area (Å²) < 4.78 is 32.3. The summed E-state index contributed by atoms with van der Waals surface area (Å²) in [6.45, 7) is -0.289. The second kappa shape index (κ2) is 23.0. The van der Waals surface area contributed by atoms with Crippen molar-refractivity contribution in [2.24, 2.45) is 5.16 Å². The number of oxime groups is 1. The summed E-state index contributed by atoms with van der Waals surface area (Å²) in [4.78, 5) is 80.5. The molecular weight excluding hydrogens is 1020 g/mol. The molecule has 0 saturated carbocycles. The van der Waals surface area contributed by atoms with E-state index in [1.54, 1.807) is 53.9 Å². The van der Waals surface area contributed by atoms with E-state index in [0.29, 0.717) is 16.3 Å². The molecule has 0 spiro atoms. The Labute approximate surface area is 441 Å². The number of carbonyl (C=O) groups is 3. The van der Waals surface area contributed by atoms with Gasteiger partial charge >= 0.3 is 17.1 Å². The molecule has 18 nitrogen and oxygen atoms in total. The lowest BCUT2D eigenvalue weighted by molar-refractivity contribution is -0.154. The number of anilines is 1. The number of β-lactam (4-membered cyclic amide) rings is 1. The first kappa shape index (κ1) is 51.8. The zero-order valence-electron chi connectivity index (χ0n) is 40.4. The van der Waals surface area contributed by atoms with E-state index >= 15 is 0 Å². The van der Waals surface area contributed by atoms with E-state index in [1.165, 1.54) is 38.7 Å². The fourth-order valence-electron chi connectivity index (χ4n) is 8.96. The van der Waals surface area contributed by atoms with Crippen LogP contribution in [0.25, 0.3) is 4.91 Å². The second-order valence-electron chi connectivity index (χ2n) is 16.9. The molecule has 21 heteroatoms. The number of methoxy groups -OCH3 is 2. The molecule has 2 aliphatic rings. The predicted octanol–water partition coefficient (Wildman–Crippen LogP) is 5.73. The molecule has 4 heterocycles. The molecule has 2 amide bonds. The van der Waals surface area contributed by atoms with Crippen molar-refractivity contribution in [3.63, 3.8) is 0 Å². The van der Waals surface area contributed by atoms with Crippen LogP contribution in [0.4, 0.5) is 5.13 Å². The Morgan fingerprint density at radius 1 is 0.840 bits per heavy atom. The van der Waals surface area contributed by atoms with Crippen LogP contribution in [-0.4, -0.2) is 97.1 Å². The third kappa shape index (κ3) is 10.5. The Morgan fingerprint density at radius 3 is 1.89 bits per heavy atom. The van der Waals surface area contributed by atoms with Crippen molar-refractivity contribution in [1.82, 2.24) is 30.0 Å². The molecule has 3 unspecified atom stereocenters. The standard InChI is InChI=1S/C54H48N8O10S3/c1-69-41(70-2)30-61-46(58-59-48(64)50(61)66)40(73)29-35-32-75(68)51-43(49(65)62(51)44(35)52(67)72-45(33-19-9-4-10-20-33)34-21-11-5-12-22-34)56-47(63)42(60-71-3)39-31-74-53(55-39)57-54(36-23-13-6-14-24-36,37-25-15-7-16-26-37)38-27-17-8-18-28-38/h4-29,31,41,43,45,51,73H,30,32H2,1-3H3,(H,55,57)(H,56,63)(H,59,64). The Hall–Kier alpha value is -8.08. The minimum absolute atomic E-state index is 0.0151. The Balaban J connectivity index is 1.05. The topological polar surface area (TPSA) is 225 Å². The van der Waals surface area contributed by atoms with Crippen LogP contribution in [-0.2, 0) is 56.3 Å². The van der Waals surface area contributed by atoms with Gasteiger partial charge in [-0.2, -0.15) is 5.10 Å². The highest BCUT2D eigenvalue weighted by Crippen LogP contribution is 2.42. The SMILES string of the molecule is CON=C(C(=O)NC1C(=O)N2C(C(=O)OC(c3ccccc3)c3ccccc3)=C(C=C(S)c3n[nH]c(=O)c(=O)n3CC(OC)OC)CS(=O)C12)c1csc(NC(c2ccccc2)(c2ccccc2)c2ccccc2)n1. The van der Waals surface area contributed by atoms with Gasteiger partial charge in [-0.15, -0.1) is 24.0 Å². The van der Waals surface area contributed by atoms with Crippen LogP contribution in [0.3, 0.4) is 0 Å². The lowest BCUT2D eigenvalue weighted by Crippen LogP contribution is -2.74. The summed E-state index contributed by atoms with van der Waals surface area (Å²) in [5, 5.41) is 17.4. The van der Waals surface area contributed by atoms with Crippen molar-refractivity contribution < 1.29 is 37.6 Å². The van der Waals surface area contributed by atoms with Crippen molar-refractivity contribution in [1.29, 1.82) is 0 Å². The number of esters is 1. The van der Waals surface area contributed by atoms with Gasteiger partial charge in [0.2, 0.25) is 0 Å². The molecule has 9 rings (SSSR count). The first-order chi connectivity index (χ1) is 36.5. The van der Waals surface area contributed by atoms with Gasteiger partial charge in [0.05, 0.1) is 23.1 Å². The molecule has 3 atom stereocenters. The van der Waals surface area contributed by atoms with E-state index < -0.39 is 69.1 Å². The number of thiazole rings is 1. The number of ether oxygens (including phenoxy) is 3. The number of aromatic amines is 1. The number of hydrogen-bond acceptors (Lipinski definition) is 16. The highest BCUT2D eigenvalue weighted by atomic mass is 32.2. The molecule has 1 saturated heterocycles. The first-order valence-electron chi connectivity index (χ1n) is 23.2. The number of H-pyrrole nitrogens is 1. The van der Waals surface area contributed by atoms with Gasteiger partial charge < -0.3 is 29.7 Å². The Kier molecular flexibility index (Phi) is 15.9. The molecule has 75 heavy (non-hydrogen) atoms. The summed E-state index contributed by atoms with van der Waals surface area (Å²) in [6, 6.07) is 46.2. The molecule has 2 aromatic heterocycles. The predicted molar refractivity (Wildman–Crippen MR) is 286 cm³/mol. The third-order valence-electron chi connectivity index (χ3n) is 12.5. The number of hydrogen-bond donors (Lipinski definition) is 4. The van der Waals surface area contributed by atoms with Crippen LogP contribution in [0.1, 0.15) is 45.4 Å². The maximum Gasteiger partial charge on any atom is 0.356 e. The maximum atomic E-state index is 14.9. The normalized spacial score (nSPS) is 16.9. The number of nitrogens with one attached hydrogen (secondary N) is 3. The van der Waals surface area contributed by atoms with Gasteiger partial charge in [-0.1, -0.05) is 157 Å². The quantitative estimate of drug-likeness (QED) is 0.0111. The van der Waals surface area contributed by atoms with Crippen molar-refractivity contribution in [2.75, 3.05) is 32.4 Å². The van der Waals surface area contributed by atoms with Crippen LogP contribution < -0.4 is 21.8 Å². The minimum Gasteiger partial charge on any atom is -0.448 e. The van der Waals surface area contributed by atoms with E-state index in [-0.39, 0.29) is 45.7 Å². The van der Waals surface area contributed by atoms with Gasteiger partial charge in [0.1, 0.15) is 35.5 Å². The monoisotopic (exact) mass is 1060 g/mol. The molecule has 382 valence electrons. The van der Waals surface area contributed by atoms with E-state index in [2.05, 4.69) is 38.6 Å². The van der Waals surface area contributed by atoms with Gasteiger partial charge in [0, 0.05) is 24.5 Å². The second-order valence-corrected chi connectivity index (χ2v) is 19.8. The summed E-state index contributed by atoms with van der Waals surface area (Å²) >= 11 is 5.87. The van der Waals surface area contributed by atoms with Gasteiger partial charge in [-0.05, 0) is 39.5 Å². The van der Waals surface area contributed by atoms with Crippen molar-refractivity contribution in [2.45, 2.75) is 35.9 Å². The lowest BCUT2D eigenvalue weighted by Gasteiger charge is -2.49. The number of thiol groups is 1. The number of rotatable bonds is 19. The summed E-state index contributed by atoms with van der Waals surface area (Å²) in [5.74, 6) is -3.19. The van der Waals surface area contributed by atoms with E-state index in [4.69, 9.17) is 24.0 Å². The Morgan fingerprint density at radius 2 is 1.37 bits per heavy atom. The van der Waals surface area contributed by atoms with E-state index in [0.717, 1.165) is 26.2 Å². The van der Waals surface area contributed by atoms with Gasteiger partial charge in [-0.3, -0.25) is 32.9 Å². The number of amides is 2. The Bertz CT molecular complexity index is 3310. The fourth-order valence-corrected chi connectivity index (χ4v) is 11.7. The number of benzene rings is 5. The minimum atomic E-state index is -2.00. The zero-order chi connectivity index (χ0) is 52.6. The lowest BCUT2D eigenvalue weighted by atomic mass is 9.77. The summed E-state index contributed by atoms with van der Waals surface area (Å²) in [6.07, 6.45) is -0.641. The summed E-state index contributed by atoms with van der Waals surface area (Å²) in [7, 11) is 1.95. The van der Waals surface area contributed by atoms with Crippen LogP contribution in [0.2, 0.25) is 0 Å². The van der Waals surface area contributed by atoms with E-state index in [9.17, 15) is 28.2 Å². The molecule has 7 aromatic rings. The van der Waals surface area contributed by atoms with Crippen molar-refractivity contribution >= 4 is 68.3 Å². The maximum absolute atomic E-state index is 14.9. The number of allylic oxidation sites excluding steroid dienone is 1. The van der Waals surface area contributed by atoms with Crippen molar-refractivity contribution in [3.05, 3.63) is 234 Å². The number of carbonyl (C=O) groups excluding carboxylic acids is 3. The summed E-state index contributed by atoms with van der Waals surface area (Å²) in [5.41, 5.74) is 0.540. The average molecular weight is 1070 g/mol. The van der Waals surface area contributed by atoms with Crippen LogP contribution in [0.5, 0.6) is 0 Å². The van der Waals surface area contributed by atoms with Gasteiger partial charge in [0.15, 0.2) is 29.1 Å². The highest BCUT2D eigenvalue weighted by molar-refractivity contribution is 7.90. The van der Waals surface area contributed by atoms with Crippen LogP contribution in [0.15, 0.2) is 189 Å². The molecule has 1 fully saturated rings. The molecule has 0 radical (unpaired) electrons. The van der Waals surface area contributed by atoms with Gasteiger partial charge in [0.25, 0.3) is 11.8 Å². The molecule has 3 N–H and O–H groups in total. The highest BCUT2D eigenvalue weighted by Gasteiger charge is 2.58. The smallest absolute Gasteiger partial charge is 0.356 e. The number of aromatic nitrogens is 4. The van der Waals surface area contributed by atoms with E-state index in [1.807, 2.05) is 103 Å². The van der Waals surface area contributed by atoms with Crippen molar-refractivity contribution in [3.8, 4) is 0 Å². The van der Waals surface area contributed by atoms with Crippen LogP contribution >= 0.6 is 24.0 Å². The third-order valence-corrected chi connectivity index (χ3v) is 15.2. The van der Waals surface area contributed by atoms with Crippen LogP contribution in [0, 0.1) is 0 Å². The zero-order valence-corrected chi connectivity index (χ0v) is 42.9. The average Bonchev–Trinajstić information content (AvgIpc) is 3.96. The number of fused-ring (bicyclic) bond motifs is 1. The fraction of sp³-hybridized carbons (Fsp3) is 0.185. The number of nitrogens with zero attached hydrogens (tertiary/aromatic N) is 5. The van der Waals surface area contributed by atoms with Gasteiger partial charge in [-0.25, -0.2) is 14.9 Å². The largest absolute Gasteiger partial charge is 0.448 e. The molecular formula is C54H48N8O10S3. The molecule has 0 bridgehead atoms. The molecule has 5 aromatic carbocycles.